The number of hydrogen-bond acceptors (Lipinski definition) is 6. The summed E-state index contributed by atoms with van der Waals surface area (Å²) in [5.74, 6) is 0.904. The van der Waals surface area contributed by atoms with Gasteiger partial charge in [0.25, 0.3) is 0 Å². The van der Waals surface area contributed by atoms with Crippen LogP contribution in [0.15, 0.2) is 42.6 Å². The van der Waals surface area contributed by atoms with Gasteiger partial charge in [-0.15, -0.1) is 5.10 Å². The number of nitrogen functional groups attached to an aromatic ring is 1. The van der Waals surface area contributed by atoms with Crippen LogP contribution >= 0.6 is 0 Å². The molecule has 2 N–H and O–H groups in total. The number of methoxy groups -OCH3 is 1. The molecule has 2 aromatic heterocycles. The van der Waals surface area contributed by atoms with E-state index in [0.29, 0.717) is 23.9 Å². The van der Waals surface area contributed by atoms with E-state index in [1.807, 2.05) is 30.3 Å². The Kier molecular flexibility index (Phi) is 3.57. The number of nitrogens with two attached hydrogens (primary N) is 1. The van der Waals surface area contributed by atoms with Gasteiger partial charge in [-0.25, -0.2) is 14.6 Å². The third-order valence-electron chi connectivity index (χ3n) is 2.88. The Labute approximate surface area is 121 Å². The summed E-state index contributed by atoms with van der Waals surface area (Å²) in [7, 11) is 1.59. The molecule has 0 aliphatic heterocycles. The van der Waals surface area contributed by atoms with Gasteiger partial charge in [0.2, 0.25) is 0 Å². The number of nitrogens with zero attached hydrogens (tertiary/aromatic N) is 5. The van der Waals surface area contributed by atoms with Gasteiger partial charge < -0.3 is 10.5 Å². The molecule has 2 heterocycles. The molecule has 0 amide bonds. The molecule has 3 rings (SSSR count). The molecule has 21 heavy (non-hydrogen) atoms. The first-order valence-corrected chi connectivity index (χ1v) is 6.37. The summed E-state index contributed by atoms with van der Waals surface area (Å²) < 4.78 is 6.76. The van der Waals surface area contributed by atoms with E-state index in [4.69, 9.17) is 10.5 Å². The van der Waals surface area contributed by atoms with Crippen molar-refractivity contribution in [1.82, 2.24) is 25.0 Å². The van der Waals surface area contributed by atoms with Crippen molar-refractivity contribution in [2.45, 2.75) is 6.61 Å². The van der Waals surface area contributed by atoms with Crippen molar-refractivity contribution in [2.75, 3.05) is 12.8 Å². The van der Waals surface area contributed by atoms with Crippen molar-refractivity contribution in [2.24, 2.45) is 0 Å². The number of ether oxygens (including phenoxy) is 1. The smallest absolute Gasteiger partial charge is 0.157 e. The maximum absolute atomic E-state index is 5.83. The van der Waals surface area contributed by atoms with E-state index in [0.717, 1.165) is 11.4 Å². The Morgan fingerprint density at radius 2 is 2.00 bits per heavy atom. The first-order valence-electron chi connectivity index (χ1n) is 6.37. The zero-order valence-electron chi connectivity index (χ0n) is 11.5. The van der Waals surface area contributed by atoms with Crippen LogP contribution in [0.1, 0.15) is 5.82 Å². The molecule has 0 radical (unpaired) electrons. The molecule has 0 atom stereocenters. The zero-order valence-corrected chi connectivity index (χ0v) is 11.5. The summed E-state index contributed by atoms with van der Waals surface area (Å²) in [6.07, 6.45) is 1.64. The molecule has 0 fully saturated rings. The van der Waals surface area contributed by atoms with E-state index in [1.54, 1.807) is 24.1 Å². The topological polar surface area (TPSA) is 91.7 Å². The van der Waals surface area contributed by atoms with Crippen molar-refractivity contribution in [1.29, 1.82) is 0 Å². The largest absolute Gasteiger partial charge is 0.384 e. The van der Waals surface area contributed by atoms with Crippen LogP contribution in [-0.4, -0.2) is 32.1 Å². The molecule has 0 aliphatic rings. The third-order valence-corrected chi connectivity index (χ3v) is 2.88. The lowest BCUT2D eigenvalue weighted by Crippen LogP contribution is -2.05. The second-order valence-corrected chi connectivity index (χ2v) is 4.39. The first-order chi connectivity index (χ1) is 10.3. The minimum Gasteiger partial charge on any atom is -0.384 e. The maximum Gasteiger partial charge on any atom is 0.157 e. The molecule has 0 saturated carbocycles. The van der Waals surface area contributed by atoms with Crippen LogP contribution in [0, 0.1) is 0 Å². The SMILES string of the molecule is COCc1nc(N)cc(-c2cnnn2-c2ccccc2)n1. The Bertz CT molecular complexity index is 740. The van der Waals surface area contributed by atoms with Crippen LogP contribution in [0.25, 0.3) is 17.1 Å². The predicted molar refractivity (Wildman–Crippen MR) is 77.5 cm³/mol. The predicted octanol–water partition coefficient (Wildman–Crippen LogP) is 1.45. The number of rotatable bonds is 4. The number of aromatic nitrogens is 5. The van der Waals surface area contributed by atoms with E-state index in [-0.39, 0.29) is 0 Å². The lowest BCUT2D eigenvalue weighted by Gasteiger charge is -2.07. The molecule has 0 unspecified atom stereocenters. The van der Waals surface area contributed by atoms with Crippen molar-refractivity contribution >= 4 is 5.82 Å². The molecule has 0 bridgehead atoms. The fourth-order valence-corrected chi connectivity index (χ4v) is 2.01. The Hall–Kier alpha value is -2.80. The first kappa shape index (κ1) is 13.2. The number of hydrogen-bond donors (Lipinski definition) is 1. The molecule has 7 heteroatoms. The van der Waals surface area contributed by atoms with Crippen LogP contribution < -0.4 is 5.73 Å². The van der Waals surface area contributed by atoms with Crippen LogP contribution in [0.4, 0.5) is 5.82 Å². The molecule has 0 saturated heterocycles. The van der Waals surface area contributed by atoms with Gasteiger partial charge >= 0.3 is 0 Å². The van der Waals surface area contributed by atoms with Crippen molar-refractivity contribution < 1.29 is 4.74 Å². The monoisotopic (exact) mass is 282 g/mol. The van der Waals surface area contributed by atoms with Gasteiger partial charge in [-0.05, 0) is 12.1 Å². The highest BCUT2D eigenvalue weighted by atomic mass is 16.5. The van der Waals surface area contributed by atoms with Crippen molar-refractivity contribution in [3.05, 3.63) is 48.4 Å². The molecule has 0 aliphatic carbocycles. The Balaban J connectivity index is 2.08. The fourth-order valence-electron chi connectivity index (χ4n) is 2.01. The van der Waals surface area contributed by atoms with Crippen LogP contribution in [0.5, 0.6) is 0 Å². The second kappa shape index (κ2) is 5.68. The van der Waals surface area contributed by atoms with Crippen LogP contribution in [-0.2, 0) is 11.3 Å². The lowest BCUT2D eigenvalue weighted by molar-refractivity contribution is 0.178. The summed E-state index contributed by atoms with van der Waals surface area (Å²) in [5.41, 5.74) is 8.13. The highest BCUT2D eigenvalue weighted by Gasteiger charge is 2.12. The van der Waals surface area contributed by atoms with E-state index < -0.39 is 0 Å². The van der Waals surface area contributed by atoms with Gasteiger partial charge in [0.15, 0.2) is 5.82 Å². The van der Waals surface area contributed by atoms with Gasteiger partial charge in [0.1, 0.15) is 18.1 Å². The van der Waals surface area contributed by atoms with E-state index in [2.05, 4.69) is 20.3 Å². The number of anilines is 1. The average molecular weight is 282 g/mol. The second-order valence-electron chi connectivity index (χ2n) is 4.39. The molecule has 3 aromatic rings. The third kappa shape index (κ3) is 2.72. The van der Waals surface area contributed by atoms with E-state index >= 15 is 0 Å². The normalized spacial score (nSPS) is 10.7. The van der Waals surface area contributed by atoms with Gasteiger partial charge in [0.05, 0.1) is 17.6 Å². The summed E-state index contributed by atoms with van der Waals surface area (Å²) in [5, 5.41) is 8.06. The molecule has 1 aromatic carbocycles. The molecule has 106 valence electrons. The van der Waals surface area contributed by atoms with Gasteiger partial charge in [0, 0.05) is 13.2 Å². The van der Waals surface area contributed by atoms with Crippen molar-refractivity contribution in [3.63, 3.8) is 0 Å². The Morgan fingerprint density at radius 3 is 2.76 bits per heavy atom. The highest BCUT2D eigenvalue weighted by molar-refractivity contribution is 5.59. The molecular formula is C14H14N6O. The average Bonchev–Trinajstić information content (AvgIpc) is 2.97. The molecule has 0 spiro atoms. The lowest BCUT2D eigenvalue weighted by atomic mass is 10.2. The van der Waals surface area contributed by atoms with Crippen LogP contribution in [0.2, 0.25) is 0 Å². The highest BCUT2D eigenvalue weighted by Crippen LogP contribution is 2.21. The van der Waals surface area contributed by atoms with Crippen molar-refractivity contribution in [3.8, 4) is 17.1 Å². The number of para-hydroxylation sites is 1. The zero-order chi connectivity index (χ0) is 14.7. The van der Waals surface area contributed by atoms with Crippen LogP contribution in [0.3, 0.4) is 0 Å². The standard InChI is InChI=1S/C14H14N6O/c1-21-9-14-17-11(7-13(15)18-14)12-8-16-19-20(12)10-5-3-2-4-6-10/h2-8H,9H2,1H3,(H2,15,17,18). The number of benzene rings is 1. The quantitative estimate of drug-likeness (QED) is 0.778. The van der Waals surface area contributed by atoms with E-state index in [1.165, 1.54) is 0 Å². The summed E-state index contributed by atoms with van der Waals surface area (Å²) in [4.78, 5) is 8.56. The minimum atomic E-state index is 0.297. The van der Waals surface area contributed by atoms with Gasteiger partial charge in [-0.2, -0.15) is 0 Å². The minimum absolute atomic E-state index is 0.297. The fraction of sp³-hybridized carbons (Fsp3) is 0.143. The maximum atomic E-state index is 5.83. The van der Waals surface area contributed by atoms with E-state index in [9.17, 15) is 0 Å². The molecule has 7 nitrogen and oxygen atoms in total. The summed E-state index contributed by atoms with van der Waals surface area (Å²) in [6.45, 7) is 0.297. The summed E-state index contributed by atoms with van der Waals surface area (Å²) in [6, 6.07) is 11.4. The summed E-state index contributed by atoms with van der Waals surface area (Å²) >= 11 is 0. The molecular weight excluding hydrogens is 268 g/mol. The van der Waals surface area contributed by atoms with Gasteiger partial charge in [-0.1, -0.05) is 23.4 Å². The Morgan fingerprint density at radius 1 is 1.19 bits per heavy atom. The van der Waals surface area contributed by atoms with Gasteiger partial charge in [-0.3, -0.25) is 0 Å².